The molecular weight excluding hydrogens is 722 g/mol. The summed E-state index contributed by atoms with van der Waals surface area (Å²) in [6, 6.07) is 26.3. The van der Waals surface area contributed by atoms with Gasteiger partial charge in [0.15, 0.2) is 11.5 Å². The van der Waals surface area contributed by atoms with Crippen LogP contribution in [0.4, 0.5) is 5.82 Å². The summed E-state index contributed by atoms with van der Waals surface area (Å²) in [5, 5.41) is 0. The molecule has 0 unspecified atom stereocenters. The lowest BCUT2D eigenvalue weighted by Gasteiger charge is -2.37. The third-order valence-corrected chi connectivity index (χ3v) is 15.2. The molecule has 13 heteroatoms. The number of benzene rings is 3. The minimum absolute atomic E-state index is 0.0112. The van der Waals surface area contributed by atoms with Crippen LogP contribution in [0.1, 0.15) is 62.4 Å². The van der Waals surface area contributed by atoms with Crippen molar-refractivity contribution < 1.29 is 28.0 Å². The Balaban J connectivity index is 1.15. The summed E-state index contributed by atoms with van der Waals surface area (Å²) < 4.78 is 41.0. The molecule has 0 bridgehead atoms. The molecule has 0 amide bonds. The number of ether oxygens (including phenoxy) is 4. The van der Waals surface area contributed by atoms with Crippen molar-refractivity contribution in [3.05, 3.63) is 120 Å². The fourth-order valence-corrected chi connectivity index (χ4v) is 12.4. The Hall–Kier alpha value is -4.03. The summed E-state index contributed by atoms with van der Waals surface area (Å²) in [5.74, 6) is 2.29. The number of aromatic nitrogens is 4. The number of imidazole rings is 1. The van der Waals surface area contributed by atoms with Crippen molar-refractivity contribution in [1.29, 1.82) is 0 Å². The molecule has 2 aliphatic heterocycles. The first kappa shape index (κ1) is 36.9. The minimum Gasteiger partial charge on any atom is -0.497 e. The monoisotopic (exact) mass is 767 g/mol. The Morgan fingerprint density at radius 2 is 1.63 bits per heavy atom. The number of allylic oxidation sites excluding steroid dienone is 1. The highest BCUT2D eigenvalue weighted by Gasteiger charge is 2.53. The van der Waals surface area contributed by atoms with Crippen LogP contribution in [0.25, 0.3) is 11.2 Å². The first-order valence-electron chi connectivity index (χ1n) is 18.3. The molecule has 2 N–H and O–H groups in total. The first-order valence-corrected chi connectivity index (χ1v) is 20.9. The second-order valence-corrected chi connectivity index (χ2v) is 17.9. The molecule has 2 saturated heterocycles. The normalized spacial score (nSPS) is 26.8. The highest BCUT2D eigenvalue weighted by molar-refractivity contribution is 8.54. The van der Waals surface area contributed by atoms with Gasteiger partial charge in [-0.25, -0.2) is 15.0 Å². The summed E-state index contributed by atoms with van der Waals surface area (Å²) in [4.78, 5) is 13.2. The summed E-state index contributed by atoms with van der Waals surface area (Å²) in [5.41, 5.74) is 10.3. The van der Waals surface area contributed by atoms with Gasteiger partial charge in [0.2, 0.25) is 7.58 Å². The molecule has 2 aromatic heterocycles. The molecule has 4 heterocycles. The summed E-state index contributed by atoms with van der Waals surface area (Å²) in [6.45, 7) is 8.90. The van der Waals surface area contributed by atoms with Crippen LogP contribution in [0.15, 0.2) is 104 Å². The van der Waals surface area contributed by atoms with E-state index in [0.29, 0.717) is 29.3 Å². The van der Waals surface area contributed by atoms with Gasteiger partial charge in [-0.05, 0) is 80.0 Å². The van der Waals surface area contributed by atoms with E-state index in [4.69, 9.17) is 33.7 Å². The number of nitrogen functional groups attached to an aromatic ring is 1. The fourth-order valence-electron chi connectivity index (χ4n) is 7.90. The molecule has 3 aliphatic rings. The highest BCUT2D eigenvalue weighted by Crippen LogP contribution is 2.71. The van der Waals surface area contributed by atoms with Gasteiger partial charge < -0.3 is 33.7 Å². The Labute approximate surface area is 321 Å². The molecular formula is C41H46N5O6PS. The van der Waals surface area contributed by atoms with E-state index in [9.17, 15) is 0 Å². The molecule has 8 rings (SSSR count). The predicted molar refractivity (Wildman–Crippen MR) is 211 cm³/mol. The van der Waals surface area contributed by atoms with Crippen molar-refractivity contribution in [2.24, 2.45) is 5.92 Å². The van der Waals surface area contributed by atoms with Crippen LogP contribution < -0.4 is 15.2 Å². The van der Waals surface area contributed by atoms with Gasteiger partial charge in [0.05, 0.1) is 39.4 Å². The summed E-state index contributed by atoms with van der Waals surface area (Å²) in [7, 11) is 2.07. The molecule has 11 nitrogen and oxygen atoms in total. The standard InChI is InChI=1S/C41H46N5O6PS/c1-26(2)27-19-20-40(3)35(21-27)52-53(54-40)51-33-22-36(46-25-45-37-38(42)43-24-44-39(37)46)50-34(33)23-49-41(28-9-7-6-8-10-28,29-11-15-31(47-4)16-12-29)30-13-17-32(48-5)18-14-30/h6-18,24-25,27,33-36H,1,19-23H2,2-5H3,(H2,42,43,44)/t27-,33+,34-,35+,36-,40+,53-/m1/s1. The van der Waals surface area contributed by atoms with Crippen molar-refractivity contribution in [1.82, 2.24) is 19.5 Å². The zero-order valence-electron chi connectivity index (χ0n) is 31.0. The van der Waals surface area contributed by atoms with E-state index in [2.05, 4.69) is 71.8 Å². The molecule has 1 aliphatic carbocycles. The average Bonchev–Trinajstić information content (AvgIpc) is 3.90. The van der Waals surface area contributed by atoms with E-state index >= 15 is 0 Å². The number of anilines is 1. The van der Waals surface area contributed by atoms with Gasteiger partial charge in [-0.3, -0.25) is 4.57 Å². The number of methoxy groups -OCH3 is 2. The zero-order valence-corrected chi connectivity index (χ0v) is 32.7. The molecule has 0 spiro atoms. The van der Waals surface area contributed by atoms with Crippen molar-refractivity contribution in [3.8, 4) is 11.5 Å². The van der Waals surface area contributed by atoms with Crippen LogP contribution >= 0.6 is 19.0 Å². The largest absolute Gasteiger partial charge is 0.497 e. The van der Waals surface area contributed by atoms with Crippen LogP contribution in [0.5, 0.6) is 11.5 Å². The zero-order chi connectivity index (χ0) is 37.5. The maximum atomic E-state index is 7.33. The smallest absolute Gasteiger partial charge is 0.239 e. The van der Waals surface area contributed by atoms with Gasteiger partial charge in [-0.1, -0.05) is 78.1 Å². The van der Waals surface area contributed by atoms with Gasteiger partial charge in [0.25, 0.3) is 0 Å². The number of fused-ring (bicyclic) bond motifs is 2. The molecule has 0 radical (unpaired) electrons. The maximum absolute atomic E-state index is 7.33. The van der Waals surface area contributed by atoms with Gasteiger partial charge in [-0.15, -0.1) is 0 Å². The lowest BCUT2D eigenvalue weighted by molar-refractivity contribution is -0.0902. The van der Waals surface area contributed by atoms with E-state index in [-0.39, 0.29) is 23.6 Å². The van der Waals surface area contributed by atoms with Crippen LogP contribution in [0.3, 0.4) is 0 Å². The third-order valence-electron chi connectivity index (χ3n) is 11.1. The van der Waals surface area contributed by atoms with Crippen molar-refractivity contribution >= 4 is 35.9 Å². The first-order chi connectivity index (χ1) is 26.2. The Morgan fingerprint density at radius 3 is 2.28 bits per heavy atom. The van der Waals surface area contributed by atoms with Gasteiger partial charge >= 0.3 is 0 Å². The molecule has 54 heavy (non-hydrogen) atoms. The Kier molecular flexibility index (Phi) is 10.4. The number of hydrogen-bond donors (Lipinski definition) is 1. The van der Waals surface area contributed by atoms with Crippen LogP contribution in [0.2, 0.25) is 0 Å². The topological polar surface area (TPSA) is 125 Å². The molecule has 3 fully saturated rings. The van der Waals surface area contributed by atoms with Gasteiger partial charge in [0, 0.05) is 11.2 Å². The third kappa shape index (κ3) is 6.89. The number of rotatable bonds is 12. The Bertz CT molecular complexity index is 2040. The van der Waals surface area contributed by atoms with E-state index < -0.39 is 25.5 Å². The van der Waals surface area contributed by atoms with E-state index in [1.807, 2.05) is 58.4 Å². The van der Waals surface area contributed by atoms with Crippen LogP contribution in [0, 0.1) is 5.92 Å². The highest BCUT2D eigenvalue weighted by atomic mass is 32.7. The second-order valence-electron chi connectivity index (χ2n) is 14.4. The molecule has 282 valence electrons. The second kappa shape index (κ2) is 15.2. The van der Waals surface area contributed by atoms with Gasteiger partial charge in [0.1, 0.15) is 41.3 Å². The quantitative estimate of drug-likeness (QED) is 0.0746. The molecule has 7 atom stereocenters. The maximum Gasteiger partial charge on any atom is 0.239 e. The van der Waals surface area contributed by atoms with E-state index in [1.165, 1.54) is 11.9 Å². The van der Waals surface area contributed by atoms with E-state index in [0.717, 1.165) is 47.5 Å². The lowest BCUT2D eigenvalue weighted by atomic mass is 9.77. The summed E-state index contributed by atoms with van der Waals surface area (Å²) in [6.07, 6.45) is 5.66. The minimum atomic E-state index is -1.26. The van der Waals surface area contributed by atoms with E-state index in [1.54, 1.807) is 20.5 Å². The number of nitrogens with two attached hydrogens (primary N) is 1. The van der Waals surface area contributed by atoms with Crippen molar-refractivity contribution in [3.63, 3.8) is 0 Å². The van der Waals surface area contributed by atoms with Crippen LogP contribution in [-0.4, -0.2) is 63.4 Å². The lowest BCUT2D eigenvalue weighted by Crippen LogP contribution is -2.39. The average molecular weight is 768 g/mol. The molecule has 3 aromatic carbocycles. The van der Waals surface area contributed by atoms with Crippen molar-refractivity contribution in [2.45, 2.75) is 74.4 Å². The fraction of sp³-hybridized carbons (Fsp3) is 0.390. The molecule has 1 saturated carbocycles. The number of nitrogens with zero attached hydrogens (tertiary/aromatic N) is 4. The van der Waals surface area contributed by atoms with Crippen molar-refractivity contribution in [2.75, 3.05) is 26.6 Å². The van der Waals surface area contributed by atoms with Crippen LogP contribution in [-0.2, 0) is 24.1 Å². The van der Waals surface area contributed by atoms with Gasteiger partial charge in [-0.2, -0.15) is 0 Å². The Morgan fingerprint density at radius 1 is 0.963 bits per heavy atom. The molecule has 5 aromatic rings. The SMILES string of the molecule is C=C(C)[C@@H]1CC[C@]2(C)S[P@](O[C@H]3C[C@H](n4cnc5c(N)ncnc54)O[C@@H]3COC(c3ccccc3)(c3ccc(OC)cc3)c3ccc(OC)cc3)O[C@H]2C1. The predicted octanol–water partition coefficient (Wildman–Crippen LogP) is 8.60. The summed E-state index contributed by atoms with van der Waals surface area (Å²) >= 11 is 1.84. The number of hydrogen-bond acceptors (Lipinski definition) is 11.